The lowest BCUT2D eigenvalue weighted by Gasteiger charge is -2.21. The van der Waals surface area contributed by atoms with Crippen LogP contribution in [0.2, 0.25) is 0 Å². The molecule has 1 aromatic heterocycles. The van der Waals surface area contributed by atoms with E-state index in [0.29, 0.717) is 17.4 Å². The molecule has 0 radical (unpaired) electrons. The molecular weight excluding hydrogens is 310 g/mol. The number of carbonyl (C=O) groups is 1. The van der Waals surface area contributed by atoms with Crippen molar-refractivity contribution in [1.29, 1.82) is 0 Å². The van der Waals surface area contributed by atoms with Gasteiger partial charge in [-0.1, -0.05) is 19.9 Å². The van der Waals surface area contributed by atoms with Crippen molar-refractivity contribution in [3.05, 3.63) is 35.5 Å². The highest BCUT2D eigenvalue weighted by Crippen LogP contribution is 2.38. The molecule has 0 aliphatic carbocycles. The van der Waals surface area contributed by atoms with Crippen molar-refractivity contribution >= 4 is 5.78 Å². The van der Waals surface area contributed by atoms with Crippen molar-refractivity contribution in [2.45, 2.75) is 39.2 Å². The minimum atomic E-state index is -0.660. The van der Waals surface area contributed by atoms with Gasteiger partial charge in [0.25, 0.3) is 5.89 Å². The number of ketones is 1. The first-order chi connectivity index (χ1) is 11.3. The van der Waals surface area contributed by atoms with Crippen LogP contribution in [-0.2, 0) is 5.41 Å². The third kappa shape index (κ3) is 2.75. The maximum atomic E-state index is 12.3. The summed E-state index contributed by atoms with van der Waals surface area (Å²) in [7, 11) is 0. The van der Waals surface area contributed by atoms with Gasteiger partial charge in [-0.15, -0.1) is 10.2 Å². The average molecular weight is 331 g/mol. The zero-order chi connectivity index (χ0) is 17.5. The number of fused-ring (bicyclic) bond motifs is 1. The summed E-state index contributed by atoms with van der Waals surface area (Å²) >= 11 is 0. The summed E-state index contributed by atoms with van der Waals surface area (Å²) < 4.78 is 16.4. The summed E-state index contributed by atoms with van der Waals surface area (Å²) in [5.41, 5.74) is 6.21. The van der Waals surface area contributed by atoms with E-state index < -0.39 is 11.5 Å². The van der Waals surface area contributed by atoms with Crippen molar-refractivity contribution in [1.82, 2.24) is 10.2 Å². The van der Waals surface area contributed by atoms with Crippen LogP contribution >= 0.6 is 0 Å². The molecule has 1 aliphatic heterocycles. The highest BCUT2D eigenvalue weighted by atomic mass is 16.7. The second-order valence-corrected chi connectivity index (χ2v) is 6.74. The molecule has 1 unspecified atom stereocenters. The van der Waals surface area contributed by atoms with Gasteiger partial charge in [-0.2, -0.15) is 0 Å². The van der Waals surface area contributed by atoms with Crippen molar-refractivity contribution in [2.24, 2.45) is 11.7 Å². The minimum absolute atomic E-state index is 0.00489. The first-order valence-corrected chi connectivity index (χ1v) is 7.84. The Morgan fingerprint density at radius 1 is 1.21 bits per heavy atom. The van der Waals surface area contributed by atoms with Gasteiger partial charge in [0.2, 0.25) is 18.5 Å². The van der Waals surface area contributed by atoms with Gasteiger partial charge in [0.05, 0.1) is 11.5 Å². The van der Waals surface area contributed by atoms with Crippen LogP contribution in [0.15, 0.2) is 22.6 Å². The van der Waals surface area contributed by atoms with Crippen molar-refractivity contribution < 1.29 is 18.7 Å². The van der Waals surface area contributed by atoms with E-state index in [1.807, 2.05) is 45.9 Å². The van der Waals surface area contributed by atoms with Crippen LogP contribution in [-0.4, -0.2) is 28.8 Å². The second-order valence-electron chi connectivity index (χ2n) is 6.74. The summed E-state index contributed by atoms with van der Waals surface area (Å²) in [4.78, 5) is 12.3. The van der Waals surface area contributed by atoms with Crippen LogP contribution < -0.4 is 15.2 Å². The number of hydrogen-bond acceptors (Lipinski definition) is 7. The van der Waals surface area contributed by atoms with E-state index in [9.17, 15) is 4.79 Å². The molecule has 0 bridgehead atoms. The van der Waals surface area contributed by atoms with Crippen LogP contribution in [0, 0.1) is 5.92 Å². The zero-order valence-electron chi connectivity index (χ0n) is 14.2. The summed E-state index contributed by atoms with van der Waals surface area (Å²) in [6.07, 6.45) is 0. The normalized spacial score (nSPS) is 14.9. The molecule has 2 aromatic rings. The fourth-order valence-corrected chi connectivity index (χ4v) is 2.43. The van der Waals surface area contributed by atoms with E-state index in [4.69, 9.17) is 19.6 Å². The molecule has 0 saturated carbocycles. The largest absolute Gasteiger partial charge is 0.454 e. The monoisotopic (exact) mass is 331 g/mol. The van der Waals surface area contributed by atoms with Crippen LogP contribution in [0.3, 0.4) is 0 Å². The molecule has 128 valence electrons. The fourth-order valence-electron chi connectivity index (χ4n) is 2.43. The highest BCUT2D eigenvalue weighted by Gasteiger charge is 2.33. The Balaban J connectivity index is 1.89. The summed E-state index contributed by atoms with van der Waals surface area (Å²) in [5.74, 6) is 1.33. The van der Waals surface area contributed by atoms with Gasteiger partial charge in [-0.25, -0.2) is 0 Å². The van der Waals surface area contributed by atoms with Gasteiger partial charge >= 0.3 is 0 Å². The van der Waals surface area contributed by atoms with Gasteiger partial charge < -0.3 is 19.6 Å². The molecule has 0 amide bonds. The lowest BCUT2D eigenvalue weighted by molar-refractivity contribution is 0.0902. The van der Waals surface area contributed by atoms with Gasteiger partial charge in [0, 0.05) is 0 Å². The predicted molar refractivity (Wildman–Crippen MR) is 86.1 cm³/mol. The second kappa shape index (κ2) is 5.90. The Hall–Kier alpha value is -2.41. The number of hydrogen-bond donors (Lipinski definition) is 1. The van der Waals surface area contributed by atoms with E-state index in [0.717, 1.165) is 5.56 Å². The quantitative estimate of drug-likeness (QED) is 0.839. The summed E-state index contributed by atoms with van der Waals surface area (Å²) in [5, 5.41) is 7.94. The standard InChI is InChI=1S/C17H21N3O4/c1-9(2)13(18)14(21)15-19-20-16(24-15)17(3,4)10-5-6-11-12(7-10)23-8-22-11/h5-7,9,13H,8,18H2,1-4H3. The maximum absolute atomic E-state index is 12.3. The van der Waals surface area contributed by atoms with Crippen molar-refractivity contribution in [3.63, 3.8) is 0 Å². The average Bonchev–Trinajstić information content (AvgIpc) is 3.21. The fraction of sp³-hybridized carbons (Fsp3) is 0.471. The number of Topliss-reactive ketones (excluding diaryl/α,β-unsaturated/α-hetero) is 1. The summed E-state index contributed by atoms with van der Waals surface area (Å²) in [6.45, 7) is 7.83. The van der Waals surface area contributed by atoms with Crippen LogP contribution in [0.4, 0.5) is 0 Å². The first-order valence-electron chi connectivity index (χ1n) is 7.84. The Morgan fingerprint density at radius 2 is 1.92 bits per heavy atom. The van der Waals surface area contributed by atoms with Gasteiger partial charge in [0.15, 0.2) is 11.5 Å². The van der Waals surface area contributed by atoms with E-state index in [2.05, 4.69) is 10.2 Å². The predicted octanol–water partition coefficient (Wildman–Crippen LogP) is 2.29. The Labute approximate surface area is 140 Å². The van der Waals surface area contributed by atoms with Crippen molar-refractivity contribution in [2.75, 3.05) is 6.79 Å². The number of carbonyl (C=O) groups excluding carboxylic acids is 1. The van der Waals surface area contributed by atoms with Crippen LogP contribution in [0.25, 0.3) is 0 Å². The summed E-state index contributed by atoms with van der Waals surface area (Å²) in [6, 6.07) is 4.98. The molecule has 1 atom stereocenters. The molecule has 2 N–H and O–H groups in total. The first kappa shape index (κ1) is 16.4. The third-order valence-corrected chi connectivity index (χ3v) is 4.29. The molecule has 7 nitrogen and oxygen atoms in total. The number of nitrogens with two attached hydrogens (primary N) is 1. The number of nitrogens with zero attached hydrogens (tertiary/aromatic N) is 2. The Morgan fingerprint density at radius 3 is 2.62 bits per heavy atom. The molecule has 1 aromatic carbocycles. The smallest absolute Gasteiger partial charge is 0.285 e. The number of benzene rings is 1. The molecule has 0 fully saturated rings. The lowest BCUT2D eigenvalue weighted by atomic mass is 9.84. The van der Waals surface area contributed by atoms with Gasteiger partial charge in [-0.3, -0.25) is 4.79 Å². The van der Waals surface area contributed by atoms with Crippen molar-refractivity contribution in [3.8, 4) is 11.5 Å². The van der Waals surface area contributed by atoms with Gasteiger partial charge in [0.1, 0.15) is 0 Å². The van der Waals surface area contributed by atoms with E-state index in [1.165, 1.54) is 0 Å². The molecule has 3 rings (SSSR count). The number of rotatable bonds is 5. The number of ether oxygens (including phenoxy) is 2. The third-order valence-electron chi connectivity index (χ3n) is 4.29. The SMILES string of the molecule is CC(C)C(N)C(=O)c1nnc(C(C)(C)c2ccc3c(c2)OCO3)o1. The zero-order valence-corrected chi connectivity index (χ0v) is 14.2. The maximum Gasteiger partial charge on any atom is 0.285 e. The number of aromatic nitrogens is 2. The molecule has 0 saturated heterocycles. The van der Waals surface area contributed by atoms with E-state index in [-0.39, 0.29) is 24.4 Å². The minimum Gasteiger partial charge on any atom is -0.454 e. The molecule has 24 heavy (non-hydrogen) atoms. The molecule has 7 heteroatoms. The van der Waals surface area contributed by atoms with E-state index >= 15 is 0 Å². The Kier molecular flexibility index (Phi) is 4.04. The molecule has 0 spiro atoms. The molecule has 1 aliphatic rings. The Bertz CT molecular complexity index is 767. The van der Waals surface area contributed by atoms with Crippen LogP contribution in [0.1, 0.15) is 49.8 Å². The molecular formula is C17H21N3O4. The molecule has 2 heterocycles. The van der Waals surface area contributed by atoms with Gasteiger partial charge in [-0.05, 0) is 37.5 Å². The van der Waals surface area contributed by atoms with Crippen LogP contribution in [0.5, 0.6) is 11.5 Å². The van der Waals surface area contributed by atoms with E-state index in [1.54, 1.807) is 0 Å². The topological polar surface area (TPSA) is 100 Å². The highest BCUT2D eigenvalue weighted by molar-refractivity contribution is 5.96. The lowest BCUT2D eigenvalue weighted by Crippen LogP contribution is -2.35.